The fourth-order valence-electron chi connectivity index (χ4n) is 3.54. The molecular weight excluding hydrogens is 394 g/mol. The number of hydrogen-bond acceptors (Lipinski definition) is 5. The maximum Gasteiger partial charge on any atom is 0.311 e. The number of carbonyl (C=O) groups is 3. The molecule has 1 N–H and O–H groups in total. The number of nitrogens with one attached hydrogen (secondary N) is 1. The molecule has 0 aromatic heterocycles. The summed E-state index contributed by atoms with van der Waals surface area (Å²) in [4.78, 5) is 40.6. The minimum Gasteiger partial charge on any atom is -0.455 e. The van der Waals surface area contributed by atoms with Gasteiger partial charge in [-0.25, -0.2) is 0 Å². The number of carbonyl (C=O) groups excluding carboxylic acids is 3. The van der Waals surface area contributed by atoms with Gasteiger partial charge in [-0.3, -0.25) is 14.4 Å². The van der Waals surface area contributed by atoms with Crippen LogP contribution in [0.5, 0.6) is 0 Å². The Balaban J connectivity index is 1.47. The summed E-state index contributed by atoms with van der Waals surface area (Å²) in [6, 6.07) is 13.6. The van der Waals surface area contributed by atoms with Gasteiger partial charge in [0.05, 0.1) is 5.92 Å². The number of anilines is 2. The van der Waals surface area contributed by atoms with E-state index in [0.29, 0.717) is 6.54 Å². The summed E-state index contributed by atoms with van der Waals surface area (Å²) in [5.41, 5.74) is 4.95. The second kappa shape index (κ2) is 9.64. The Morgan fingerprint density at radius 2 is 1.84 bits per heavy atom. The number of hydrogen-bond donors (Lipinski definition) is 1. The zero-order valence-electron chi connectivity index (χ0n) is 18.5. The topological polar surface area (TPSA) is 79.0 Å². The van der Waals surface area contributed by atoms with Crippen molar-refractivity contribution in [2.24, 2.45) is 5.92 Å². The fourth-order valence-corrected chi connectivity index (χ4v) is 3.54. The Kier molecular flexibility index (Phi) is 6.95. The molecule has 1 aliphatic heterocycles. The summed E-state index contributed by atoms with van der Waals surface area (Å²) in [6.07, 6.45) is 0.0893. The third kappa shape index (κ3) is 5.42. The first-order valence-corrected chi connectivity index (χ1v) is 10.3. The smallest absolute Gasteiger partial charge is 0.311 e. The Morgan fingerprint density at radius 1 is 1.13 bits per heavy atom. The average molecular weight is 424 g/mol. The molecule has 7 heteroatoms. The molecule has 0 unspecified atom stereocenters. The standard InChI is InChI=1S/C24H29N3O4/c1-16-6-5-7-21(17(16)2)27-14-19(12-23(27)29)24(30)31-15-22(28)25-13-18-8-10-20(11-9-18)26(3)4/h5-11,19H,12-15H2,1-4H3,(H,25,28)/t19-/m1/s1. The Labute approximate surface area is 183 Å². The first-order valence-electron chi connectivity index (χ1n) is 10.3. The van der Waals surface area contributed by atoms with Crippen LogP contribution in [0.1, 0.15) is 23.1 Å². The summed E-state index contributed by atoms with van der Waals surface area (Å²) >= 11 is 0. The molecule has 1 heterocycles. The predicted octanol–water partition coefficient (Wildman–Crippen LogP) is 2.58. The largest absolute Gasteiger partial charge is 0.455 e. The Hall–Kier alpha value is -3.35. The SMILES string of the molecule is Cc1cccc(N2C[C@H](C(=O)OCC(=O)NCc3ccc(N(C)C)cc3)CC2=O)c1C. The third-order valence-corrected chi connectivity index (χ3v) is 5.61. The van der Waals surface area contributed by atoms with Crippen molar-refractivity contribution >= 4 is 29.2 Å². The molecule has 0 aliphatic carbocycles. The monoisotopic (exact) mass is 423 g/mol. The van der Waals surface area contributed by atoms with Gasteiger partial charge in [0.25, 0.3) is 5.91 Å². The first-order chi connectivity index (χ1) is 14.8. The van der Waals surface area contributed by atoms with E-state index in [-0.39, 0.29) is 31.4 Å². The highest BCUT2D eigenvalue weighted by Crippen LogP contribution is 2.29. The molecule has 1 saturated heterocycles. The number of benzene rings is 2. The summed E-state index contributed by atoms with van der Waals surface area (Å²) in [5.74, 6) is -1.58. The van der Waals surface area contributed by atoms with Crippen molar-refractivity contribution in [3.8, 4) is 0 Å². The number of ether oxygens (including phenoxy) is 1. The van der Waals surface area contributed by atoms with Crippen LogP contribution in [-0.2, 0) is 25.7 Å². The van der Waals surface area contributed by atoms with Gasteiger partial charge >= 0.3 is 5.97 Å². The second-order valence-corrected chi connectivity index (χ2v) is 8.07. The molecule has 31 heavy (non-hydrogen) atoms. The number of rotatable bonds is 7. The van der Waals surface area contributed by atoms with Crippen molar-refractivity contribution in [1.82, 2.24) is 5.32 Å². The van der Waals surface area contributed by atoms with Gasteiger partial charge in [0.15, 0.2) is 6.61 Å². The van der Waals surface area contributed by atoms with Gasteiger partial charge in [0, 0.05) is 45.0 Å². The predicted molar refractivity (Wildman–Crippen MR) is 120 cm³/mol. The molecular formula is C24H29N3O4. The van der Waals surface area contributed by atoms with Crippen molar-refractivity contribution in [2.45, 2.75) is 26.8 Å². The quantitative estimate of drug-likeness (QED) is 0.693. The van der Waals surface area contributed by atoms with Crippen molar-refractivity contribution < 1.29 is 19.1 Å². The normalized spacial score (nSPS) is 15.7. The lowest BCUT2D eigenvalue weighted by molar-refractivity contribution is -0.152. The molecule has 7 nitrogen and oxygen atoms in total. The Morgan fingerprint density at radius 3 is 2.52 bits per heavy atom. The molecule has 3 rings (SSSR count). The van der Waals surface area contributed by atoms with Crippen LogP contribution in [0.4, 0.5) is 11.4 Å². The van der Waals surface area contributed by atoms with E-state index >= 15 is 0 Å². The summed E-state index contributed by atoms with van der Waals surface area (Å²) in [6.45, 7) is 4.21. The van der Waals surface area contributed by atoms with Crippen molar-refractivity contribution in [2.75, 3.05) is 37.0 Å². The molecule has 0 saturated carbocycles. The van der Waals surface area contributed by atoms with Crippen molar-refractivity contribution in [1.29, 1.82) is 0 Å². The van der Waals surface area contributed by atoms with E-state index in [0.717, 1.165) is 28.1 Å². The molecule has 1 atom stereocenters. The maximum atomic E-state index is 12.5. The minimum absolute atomic E-state index is 0.0893. The van der Waals surface area contributed by atoms with E-state index in [1.807, 2.05) is 75.3 Å². The second-order valence-electron chi connectivity index (χ2n) is 8.07. The minimum atomic E-state index is -0.571. The van der Waals surface area contributed by atoms with Gasteiger partial charge in [-0.15, -0.1) is 0 Å². The number of esters is 1. The molecule has 1 fully saturated rings. The molecule has 0 bridgehead atoms. The summed E-state index contributed by atoms with van der Waals surface area (Å²) in [5, 5.41) is 2.74. The van der Waals surface area contributed by atoms with Crippen LogP contribution in [0, 0.1) is 19.8 Å². The van der Waals surface area contributed by atoms with Gasteiger partial charge in [0.2, 0.25) is 5.91 Å². The van der Waals surface area contributed by atoms with Crippen LogP contribution in [-0.4, -0.2) is 45.0 Å². The van der Waals surface area contributed by atoms with Gasteiger partial charge < -0.3 is 19.9 Å². The molecule has 1 aliphatic rings. The molecule has 2 aromatic rings. The fraction of sp³-hybridized carbons (Fsp3) is 0.375. The van der Waals surface area contributed by atoms with Gasteiger partial charge in [0.1, 0.15) is 0 Å². The number of nitrogens with zero attached hydrogens (tertiary/aromatic N) is 2. The van der Waals surface area contributed by atoms with Crippen LogP contribution < -0.4 is 15.1 Å². The zero-order valence-corrected chi connectivity index (χ0v) is 18.5. The van der Waals surface area contributed by atoms with Crippen LogP contribution in [0.3, 0.4) is 0 Å². The summed E-state index contributed by atoms with van der Waals surface area (Å²) in [7, 11) is 3.93. The van der Waals surface area contributed by atoms with E-state index in [4.69, 9.17) is 4.74 Å². The Bertz CT molecular complexity index is 969. The van der Waals surface area contributed by atoms with E-state index < -0.39 is 11.9 Å². The van der Waals surface area contributed by atoms with Crippen LogP contribution >= 0.6 is 0 Å². The lowest BCUT2D eigenvalue weighted by Crippen LogP contribution is -2.31. The van der Waals surface area contributed by atoms with E-state index in [9.17, 15) is 14.4 Å². The third-order valence-electron chi connectivity index (χ3n) is 5.61. The lowest BCUT2D eigenvalue weighted by atomic mass is 10.1. The molecule has 2 amide bonds. The zero-order chi connectivity index (χ0) is 22.5. The summed E-state index contributed by atoms with van der Waals surface area (Å²) < 4.78 is 5.18. The number of aryl methyl sites for hydroxylation is 1. The highest BCUT2D eigenvalue weighted by atomic mass is 16.5. The highest BCUT2D eigenvalue weighted by Gasteiger charge is 2.37. The molecule has 0 radical (unpaired) electrons. The van der Waals surface area contributed by atoms with Gasteiger partial charge in [-0.1, -0.05) is 24.3 Å². The van der Waals surface area contributed by atoms with Crippen LogP contribution in [0.25, 0.3) is 0 Å². The average Bonchev–Trinajstić information content (AvgIpc) is 3.14. The molecule has 2 aromatic carbocycles. The molecule has 0 spiro atoms. The lowest BCUT2D eigenvalue weighted by Gasteiger charge is -2.20. The highest BCUT2D eigenvalue weighted by molar-refractivity contribution is 6.00. The van der Waals surface area contributed by atoms with E-state index in [1.54, 1.807) is 4.90 Å². The van der Waals surface area contributed by atoms with Crippen molar-refractivity contribution in [3.63, 3.8) is 0 Å². The van der Waals surface area contributed by atoms with E-state index in [2.05, 4.69) is 5.32 Å². The van der Waals surface area contributed by atoms with Crippen molar-refractivity contribution in [3.05, 3.63) is 59.2 Å². The van der Waals surface area contributed by atoms with Crippen LogP contribution in [0.15, 0.2) is 42.5 Å². The van der Waals surface area contributed by atoms with Gasteiger partial charge in [-0.05, 0) is 48.7 Å². The van der Waals surface area contributed by atoms with Gasteiger partial charge in [-0.2, -0.15) is 0 Å². The molecule has 164 valence electrons. The first kappa shape index (κ1) is 22.3. The van der Waals surface area contributed by atoms with Crippen LogP contribution in [0.2, 0.25) is 0 Å². The van der Waals surface area contributed by atoms with E-state index in [1.165, 1.54) is 0 Å². The number of amides is 2. The maximum absolute atomic E-state index is 12.5.